The van der Waals surface area contributed by atoms with Gasteiger partial charge in [0.05, 0.1) is 5.88 Å². The summed E-state index contributed by atoms with van der Waals surface area (Å²) in [6, 6.07) is 0. The first kappa shape index (κ1) is 13.2. The Morgan fingerprint density at radius 2 is 2.18 bits per heavy atom. The monoisotopic (exact) mass is 290 g/mol. The number of Topliss-reactive ketones (excluding diaryl/α,β-unsaturated/α-hetero) is 1. The molecule has 0 bridgehead atoms. The van der Waals surface area contributed by atoms with Gasteiger partial charge in [-0.2, -0.15) is 11.8 Å². The minimum absolute atomic E-state index is 0.00578. The number of carbonyl (C=O) groups is 1. The fraction of sp³-hybridized carbons (Fsp3) is 0.636. The summed E-state index contributed by atoms with van der Waals surface area (Å²) in [4.78, 5) is 18.1. The van der Waals surface area contributed by atoms with E-state index in [1.807, 2.05) is 11.8 Å². The second-order valence-electron chi connectivity index (χ2n) is 4.23. The first-order valence-electron chi connectivity index (χ1n) is 5.55. The lowest BCUT2D eigenvalue weighted by atomic mass is 10.3. The summed E-state index contributed by atoms with van der Waals surface area (Å²) in [5, 5.41) is 3.96. The first-order valence-corrected chi connectivity index (χ1v) is 7.91. The molecule has 0 aromatic carbocycles. The molecular formula is C11H15ClN2OS2. The van der Waals surface area contributed by atoms with E-state index in [9.17, 15) is 4.79 Å². The Kier molecular flexibility index (Phi) is 4.33. The van der Waals surface area contributed by atoms with Crippen molar-refractivity contribution in [1.29, 1.82) is 0 Å². The highest BCUT2D eigenvalue weighted by Crippen LogP contribution is 2.30. The van der Waals surface area contributed by atoms with Gasteiger partial charge in [0, 0.05) is 29.0 Å². The molecule has 2 atom stereocenters. The van der Waals surface area contributed by atoms with E-state index in [0.717, 1.165) is 18.2 Å². The van der Waals surface area contributed by atoms with Crippen molar-refractivity contribution in [2.45, 2.75) is 24.3 Å². The molecule has 0 radical (unpaired) electrons. The van der Waals surface area contributed by atoms with E-state index in [4.69, 9.17) is 11.6 Å². The average Bonchev–Trinajstić information content (AvgIpc) is 2.76. The van der Waals surface area contributed by atoms with Crippen LogP contribution in [0, 0.1) is 0 Å². The fourth-order valence-electron chi connectivity index (χ4n) is 1.94. The smallest absolute Gasteiger partial charge is 0.196 e. The van der Waals surface area contributed by atoms with Gasteiger partial charge in [-0.3, -0.25) is 4.79 Å². The van der Waals surface area contributed by atoms with Crippen LogP contribution in [0.3, 0.4) is 0 Å². The zero-order valence-corrected chi connectivity index (χ0v) is 12.2. The number of halogens is 1. The van der Waals surface area contributed by atoms with E-state index in [1.165, 1.54) is 11.3 Å². The van der Waals surface area contributed by atoms with Gasteiger partial charge in [0.1, 0.15) is 5.69 Å². The molecular weight excluding hydrogens is 276 g/mol. The number of rotatable bonds is 3. The summed E-state index contributed by atoms with van der Waals surface area (Å²) in [6.07, 6.45) is 0. The predicted octanol–water partition coefficient (Wildman–Crippen LogP) is 2.89. The van der Waals surface area contributed by atoms with Gasteiger partial charge in [0.2, 0.25) is 0 Å². The number of thioether (sulfide) groups is 1. The quantitative estimate of drug-likeness (QED) is 0.633. The Labute approximate surface area is 115 Å². The van der Waals surface area contributed by atoms with Crippen LogP contribution in [0.2, 0.25) is 0 Å². The van der Waals surface area contributed by atoms with Gasteiger partial charge in [0.25, 0.3) is 0 Å². The summed E-state index contributed by atoms with van der Waals surface area (Å²) in [5.74, 6) is -0.0899. The van der Waals surface area contributed by atoms with Crippen LogP contribution in [0.25, 0.3) is 0 Å². The molecule has 2 heterocycles. The molecule has 1 aliphatic heterocycles. The Hall–Kier alpha value is -0.260. The maximum absolute atomic E-state index is 11.4. The Morgan fingerprint density at radius 1 is 1.53 bits per heavy atom. The maximum Gasteiger partial charge on any atom is 0.196 e. The molecule has 1 aliphatic rings. The van der Waals surface area contributed by atoms with Crippen LogP contribution in [0.15, 0.2) is 5.38 Å². The fourth-order valence-corrected chi connectivity index (χ4v) is 4.25. The van der Waals surface area contributed by atoms with Crippen molar-refractivity contribution < 1.29 is 4.79 Å². The normalized spacial score (nSPS) is 25.0. The standard InChI is InChI=1S/C11H15ClN2OS2/c1-7-4-14(5-8(2)17-7)11-13-9(6-16-11)10(15)3-12/h6-8H,3-5H2,1-2H3. The van der Waals surface area contributed by atoms with Crippen molar-refractivity contribution in [3.63, 3.8) is 0 Å². The van der Waals surface area contributed by atoms with Crippen LogP contribution >= 0.6 is 34.7 Å². The van der Waals surface area contributed by atoms with Crippen molar-refractivity contribution in [2.75, 3.05) is 23.9 Å². The van der Waals surface area contributed by atoms with Crippen molar-refractivity contribution in [3.05, 3.63) is 11.1 Å². The molecule has 1 fully saturated rings. The van der Waals surface area contributed by atoms with Crippen LogP contribution < -0.4 is 4.90 Å². The first-order chi connectivity index (χ1) is 8.10. The third-order valence-electron chi connectivity index (χ3n) is 2.59. The zero-order chi connectivity index (χ0) is 12.4. The van der Waals surface area contributed by atoms with Gasteiger partial charge in [-0.1, -0.05) is 13.8 Å². The molecule has 1 saturated heterocycles. The van der Waals surface area contributed by atoms with Crippen LogP contribution in [0.4, 0.5) is 5.13 Å². The minimum Gasteiger partial charge on any atom is -0.346 e. The molecule has 1 aromatic rings. The molecule has 17 heavy (non-hydrogen) atoms. The van der Waals surface area contributed by atoms with E-state index in [2.05, 4.69) is 23.7 Å². The van der Waals surface area contributed by atoms with E-state index in [0.29, 0.717) is 16.2 Å². The summed E-state index contributed by atoms with van der Waals surface area (Å²) in [5.41, 5.74) is 0.499. The number of hydrogen-bond acceptors (Lipinski definition) is 5. The molecule has 0 amide bonds. The van der Waals surface area contributed by atoms with Gasteiger partial charge in [0.15, 0.2) is 10.9 Å². The van der Waals surface area contributed by atoms with Gasteiger partial charge in [-0.15, -0.1) is 22.9 Å². The SMILES string of the molecule is CC1CN(c2nc(C(=O)CCl)cs2)CC(C)S1. The third kappa shape index (κ3) is 3.14. The van der Waals surface area contributed by atoms with Gasteiger partial charge in [-0.05, 0) is 0 Å². The lowest BCUT2D eigenvalue weighted by molar-refractivity contribution is 0.101. The number of ketones is 1. The second kappa shape index (κ2) is 5.59. The van der Waals surface area contributed by atoms with Gasteiger partial charge < -0.3 is 4.90 Å². The van der Waals surface area contributed by atoms with Crippen molar-refractivity contribution >= 4 is 45.6 Å². The van der Waals surface area contributed by atoms with Crippen molar-refractivity contribution in [3.8, 4) is 0 Å². The van der Waals surface area contributed by atoms with Crippen LogP contribution in [0.5, 0.6) is 0 Å². The maximum atomic E-state index is 11.4. The van der Waals surface area contributed by atoms with Gasteiger partial charge in [-0.25, -0.2) is 4.98 Å². The Bertz CT molecular complexity index is 400. The second-order valence-corrected chi connectivity index (χ2v) is 7.22. The van der Waals surface area contributed by atoms with Crippen molar-refractivity contribution in [1.82, 2.24) is 4.98 Å². The number of aromatic nitrogens is 1. The largest absolute Gasteiger partial charge is 0.346 e. The molecule has 2 unspecified atom stereocenters. The molecule has 6 heteroatoms. The van der Waals surface area contributed by atoms with E-state index >= 15 is 0 Å². The number of carbonyl (C=O) groups excluding carboxylic acids is 1. The van der Waals surface area contributed by atoms with Crippen LogP contribution in [-0.4, -0.2) is 40.2 Å². The molecule has 3 nitrogen and oxygen atoms in total. The molecule has 2 rings (SSSR count). The molecule has 1 aromatic heterocycles. The van der Waals surface area contributed by atoms with Gasteiger partial charge >= 0.3 is 0 Å². The minimum atomic E-state index is -0.0957. The van der Waals surface area contributed by atoms with Crippen LogP contribution in [0.1, 0.15) is 24.3 Å². The molecule has 0 aliphatic carbocycles. The van der Waals surface area contributed by atoms with E-state index in [-0.39, 0.29) is 11.7 Å². The summed E-state index contributed by atoms with van der Waals surface area (Å²) < 4.78 is 0. The lowest BCUT2D eigenvalue weighted by Crippen LogP contribution is -2.40. The Morgan fingerprint density at radius 3 is 2.76 bits per heavy atom. The highest BCUT2D eigenvalue weighted by atomic mass is 35.5. The van der Waals surface area contributed by atoms with Crippen molar-refractivity contribution in [2.24, 2.45) is 0 Å². The zero-order valence-electron chi connectivity index (χ0n) is 9.85. The highest BCUT2D eigenvalue weighted by molar-refractivity contribution is 8.00. The lowest BCUT2D eigenvalue weighted by Gasteiger charge is -2.34. The average molecular weight is 291 g/mol. The number of hydrogen-bond donors (Lipinski definition) is 0. The summed E-state index contributed by atoms with van der Waals surface area (Å²) >= 11 is 9.06. The van der Waals surface area contributed by atoms with E-state index < -0.39 is 0 Å². The highest BCUT2D eigenvalue weighted by Gasteiger charge is 2.24. The van der Waals surface area contributed by atoms with Crippen LogP contribution in [-0.2, 0) is 0 Å². The predicted molar refractivity (Wildman–Crippen MR) is 75.9 cm³/mol. The molecule has 0 saturated carbocycles. The number of thiazole rings is 1. The third-order valence-corrected chi connectivity index (χ3v) is 4.96. The molecule has 0 spiro atoms. The van der Waals surface area contributed by atoms with E-state index in [1.54, 1.807) is 5.38 Å². The number of alkyl halides is 1. The summed E-state index contributed by atoms with van der Waals surface area (Å²) in [6.45, 7) is 6.45. The topological polar surface area (TPSA) is 33.2 Å². The number of anilines is 1. The molecule has 0 N–H and O–H groups in total. The summed E-state index contributed by atoms with van der Waals surface area (Å²) in [7, 11) is 0. The Balaban J connectivity index is 2.11. The number of nitrogens with zero attached hydrogens (tertiary/aromatic N) is 2. The molecule has 94 valence electrons.